The average Bonchev–Trinajstić information content (AvgIpc) is 2.64. The molecule has 1 aromatic heterocycles. The number of carboxylic acids is 1. The average molecular weight is 287 g/mol. The topological polar surface area (TPSA) is 92.5 Å². The van der Waals surface area contributed by atoms with Crippen molar-refractivity contribution in [3.8, 4) is 0 Å². The predicted octanol–water partition coefficient (Wildman–Crippen LogP) is 0.438. The summed E-state index contributed by atoms with van der Waals surface area (Å²) in [6, 6.07) is -0.991. The summed E-state index contributed by atoms with van der Waals surface area (Å²) in [5, 5.41) is 9.12. The van der Waals surface area contributed by atoms with E-state index in [1.165, 1.54) is 17.1 Å². The third-order valence-corrected chi connectivity index (χ3v) is 5.04. The summed E-state index contributed by atoms with van der Waals surface area (Å²) in [6.07, 6.45) is 5.38. The van der Waals surface area contributed by atoms with E-state index in [0.717, 1.165) is 17.1 Å². The normalized spacial score (nSPS) is 22.1. The number of aryl methyl sites for hydroxylation is 1. The molecule has 0 aromatic carbocycles. The molecule has 0 bridgehead atoms. The molecule has 1 atom stereocenters. The molecule has 1 fully saturated rings. The van der Waals surface area contributed by atoms with Gasteiger partial charge in [-0.3, -0.25) is 4.79 Å². The maximum Gasteiger partial charge on any atom is 0.322 e. The van der Waals surface area contributed by atoms with Crippen LogP contribution in [-0.2, 0) is 21.9 Å². The Morgan fingerprint density at radius 1 is 1.42 bits per heavy atom. The van der Waals surface area contributed by atoms with E-state index < -0.39 is 22.0 Å². The number of carbonyl (C=O) groups is 1. The zero-order chi connectivity index (χ0) is 14.0. The smallest absolute Gasteiger partial charge is 0.322 e. The van der Waals surface area contributed by atoms with Crippen molar-refractivity contribution in [3.05, 3.63) is 12.5 Å². The lowest BCUT2D eigenvalue weighted by molar-refractivity contribution is -0.141. The van der Waals surface area contributed by atoms with Crippen LogP contribution in [0.1, 0.15) is 25.7 Å². The van der Waals surface area contributed by atoms with Gasteiger partial charge < -0.3 is 9.67 Å². The van der Waals surface area contributed by atoms with E-state index in [2.05, 4.69) is 4.98 Å². The van der Waals surface area contributed by atoms with Crippen molar-refractivity contribution in [3.63, 3.8) is 0 Å². The Hall–Kier alpha value is -1.41. The molecule has 7 nitrogen and oxygen atoms in total. The second kappa shape index (κ2) is 5.30. The van der Waals surface area contributed by atoms with E-state index in [1.807, 2.05) is 0 Å². The number of carboxylic acid groups (broad SMARTS) is 1. The maximum atomic E-state index is 12.5. The fourth-order valence-electron chi connectivity index (χ4n) is 2.26. The van der Waals surface area contributed by atoms with Crippen molar-refractivity contribution < 1.29 is 18.3 Å². The zero-order valence-corrected chi connectivity index (χ0v) is 11.5. The van der Waals surface area contributed by atoms with Gasteiger partial charge in [0.05, 0.1) is 6.33 Å². The molecule has 1 unspecified atom stereocenters. The SMILES string of the molecule is Cn1cnc(S(=O)(=O)N2CCCCCC2C(=O)O)c1. The molecule has 1 N–H and O–H groups in total. The molecule has 1 aliphatic heterocycles. The van der Waals surface area contributed by atoms with Gasteiger partial charge in [0.1, 0.15) is 6.04 Å². The van der Waals surface area contributed by atoms with Crippen LogP contribution in [0, 0.1) is 0 Å². The number of aromatic nitrogens is 2. The van der Waals surface area contributed by atoms with Crippen molar-refractivity contribution >= 4 is 16.0 Å². The largest absolute Gasteiger partial charge is 0.480 e. The Morgan fingerprint density at radius 3 is 2.74 bits per heavy atom. The molecule has 106 valence electrons. The first-order chi connectivity index (χ1) is 8.93. The van der Waals surface area contributed by atoms with Crippen molar-refractivity contribution in [2.75, 3.05) is 6.54 Å². The molecule has 2 rings (SSSR count). The minimum Gasteiger partial charge on any atom is -0.480 e. The van der Waals surface area contributed by atoms with Crippen LogP contribution in [0.25, 0.3) is 0 Å². The molecule has 0 radical (unpaired) electrons. The van der Waals surface area contributed by atoms with Gasteiger partial charge in [-0.15, -0.1) is 0 Å². The van der Waals surface area contributed by atoms with Gasteiger partial charge in [-0.2, -0.15) is 4.31 Å². The molecule has 0 spiro atoms. The molecule has 0 saturated carbocycles. The summed E-state index contributed by atoms with van der Waals surface area (Å²) in [5.74, 6) is -1.10. The lowest BCUT2D eigenvalue weighted by atomic mass is 10.1. The van der Waals surface area contributed by atoms with Crippen LogP contribution in [0.5, 0.6) is 0 Å². The quantitative estimate of drug-likeness (QED) is 0.870. The number of aliphatic carboxylic acids is 1. The molecule has 1 saturated heterocycles. The molecule has 2 heterocycles. The molecule has 0 aliphatic carbocycles. The maximum absolute atomic E-state index is 12.5. The Bertz CT molecular complexity index is 566. The van der Waals surface area contributed by atoms with E-state index >= 15 is 0 Å². The van der Waals surface area contributed by atoms with Gasteiger partial charge in [-0.05, 0) is 12.8 Å². The van der Waals surface area contributed by atoms with Crippen molar-refractivity contribution in [1.29, 1.82) is 0 Å². The van der Waals surface area contributed by atoms with Gasteiger partial charge in [-0.25, -0.2) is 13.4 Å². The summed E-state index contributed by atoms with van der Waals surface area (Å²) in [7, 11) is -2.17. The molecule has 1 aromatic rings. The highest BCUT2D eigenvalue weighted by molar-refractivity contribution is 7.89. The Kier molecular flexibility index (Phi) is 3.91. The van der Waals surface area contributed by atoms with Gasteiger partial charge in [0.2, 0.25) is 0 Å². The van der Waals surface area contributed by atoms with E-state index in [1.54, 1.807) is 7.05 Å². The second-order valence-electron chi connectivity index (χ2n) is 4.70. The summed E-state index contributed by atoms with van der Waals surface area (Å²) in [5.41, 5.74) is 0. The van der Waals surface area contributed by atoms with E-state index in [-0.39, 0.29) is 11.6 Å². The third kappa shape index (κ3) is 2.79. The highest BCUT2D eigenvalue weighted by Crippen LogP contribution is 2.24. The van der Waals surface area contributed by atoms with Crippen LogP contribution in [0.4, 0.5) is 0 Å². The first-order valence-corrected chi connectivity index (χ1v) is 7.59. The molecular weight excluding hydrogens is 270 g/mol. The van der Waals surface area contributed by atoms with Crippen LogP contribution in [-0.4, -0.2) is 45.9 Å². The monoisotopic (exact) mass is 287 g/mol. The number of imidazole rings is 1. The number of hydrogen-bond acceptors (Lipinski definition) is 4. The van der Waals surface area contributed by atoms with Crippen LogP contribution in [0.15, 0.2) is 17.6 Å². The number of nitrogens with zero attached hydrogens (tertiary/aromatic N) is 3. The molecule has 19 heavy (non-hydrogen) atoms. The third-order valence-electron chi connectivity index (χ3n) is 3.24. The Balaban J connectivity index is 2.38. The number of rotatable bonds is 3. The standard InChI is InChI=1S/C11H17N3O4S/c1-13-7-10(12-8-13)19(17,18)14-6-4-2-3-5-9(14)11(15)16/h7-9H,2-6H2,1H3,(H,15,16). The summed E-state index contributed by atoms with van der Waals surface area (Å²) >= 11 is 0. The number of hydrogen-bond donors (Lipinski definition) is 1. The number of sulfonamides is 1. The lowest BCUT2D eigenvalue weighted by Gasteiger charge is -2.24. The highest BCUT2D eigenvalue weighted by Gasteiger charge is 2.37. The van der Waals surface area contributed by atoms with Crippen molar-refractivity contribution in [2.45, 2.75) is 36.8 Å². The molecule has 1 aliphatic rings. The first kappa shape index (κ1) is 14.0. The van der Waals surface area contributed by atoms with E-state index in [4.69, 9.17) is 0 Å². The van der Waals surface area contributed by atoms with E-state index in [0.29, 0.717) is 12.8 Å². The minimum absolute atomic E-state index is 0.0943. The van der Waals surface area contributed by atoms with Gasteiger partial charge >= 0.3 is 5.97 Å². The lowest BCUT2D eigenvalue weighted by Crippen LogP contribution is -2.44. The van der Waals surface area contributed by atoms with Gasteiger partial charge in [0, 0.05) is 19.8 Å². The van der Waals surface area contributed by atoms with Crippen LogP contribution < -0.4 is 0 Å². The summed E-state index contributed by atoms with van der Waals surface area (Å²) in [6.45, 7) is 0.232. The molecular formula is C11H17N3O4S. The Labute approximate surface area is 111 Å². The van der Waals surface area contributed by atoms with Crippen molar-refractivity contribution in [1.82, 2.24) is 13.9 Å². The van der Waals surface area contributed by atoms with Crippen LogP contribution >= 0.6 is 0 Å². The summed E-state index contributed by atoms with van der Waals surface area (Å²) in [4.78, 5) is 15.1. The van der Waals surface area contributed by atoms with Crippen molar-refractivity contribution in [2.24, 2.45) is 7.05 Å². The zero-order valence-electron chi connectivity index (χ0n) is 10.7. The van der Waals surface area contributed by atoms with E-state index in [9.17, 15) is 18.3 Å². The second-order valence-corrected chi connectivity index (χ2v) is 6.53. The first-order valence-electron chi connectivity index (χ1n) is 6.15. The predicted molar refractivity (Wildman–Crippen MR) is 67.0 cm³/mol. The van der Waals surface area contributed by atoms with Gasteiger partial charge in [0.15, 0.2) is 5.03 Å². The van der Waals surface area contributed by atoms with Crippen LogP contribution in [0.2, 0.25) is 0 Å². The minimum atomic E-state index is -3.84. The Morgan fingerprint density at radius 2 is 2.16 bits per heavy atom. The highest BCUT2D eigenvalue weighted by atomic mass is 32.2. The van der Waals surface area contributed by atoms with Crippen LogP contribution in [0.3, 0.4) is 0 Å². The molecule has 8 heteroatoms. The van der Waals surface area contributed by atoms with Gasteiger partial charge in [0.25, 0.3) is 10.0 Å². The van der Waals surface area contributed by atoms with Gasteiger partial charge in [-0.1, -0.05) is 12.8 Å². The summed E-state index contributed by atoms with van der Waals surface area (Å²) < 4.78 is 27.5. The fourth-order valence-corrected chi connectivity index (χ4v) is 3.88. The molecule has 0 amide bonds. The fraction of sp³-hybridized carbons (Fsp3) is 0.636.